The van der Waals surface area contributed by atoms with Crippen LogP contribution in [0.1, 0.15) is 55.1 Å². The van der Waals surface area contributed by atoms with E-state index in [-0.39, 0.29) is 17.2 Å². The summed E-state index contributed by atoms with van der Waals surface area (Å²) in [6.07, 6.45) is 8.23. The van der Waals surface area contributed by atoms with Gasteiger partial charge in [-0.25, -0.2) is 0 Å². The zero-order valence-corrected chi connectivity index (χ0v) is 16.9. The number of fused-ring (bicyclic) bond motifs is 1. The first-order chi connectivity index (χ1) is 14.1. The molecule has 152 valence electrons. The summed E-state index contributed by atoms with van der Waals surface area (Å²) in [5.41, 5.74) is 2.62. The third-order valence-electron chi connectivity index (χ3n) is 6.17. The van der Waals surface area contributed by atoms with Crippen molar-refractivity contribution in [2.75, 3.05) is 6.54 Å². The maximum absolute atomic E-state index is 12.8. The molecule has 1 N–H and O–H groups in total. The molecule has 1 fully saturated rings. The predicted octanol–water partition coefficient (Wildman–Crippen LogP) is 3.51. The minimum atomic E-state index is -0.173. The SMILES string of the molecule is CCn1nccc1C(=O)NCC12CCCC=C1N(Cc1ccccc1)C(=O)CC2. The minimum Gasteiger partial charge on any atom is -0.350 e. The zero-order valence-electron chi connectivity index (χ0n) is 16.9. The molecule has 1 atom stereocenters. The van der Waals surface area contributed by atoms with Crippen molar-refractivity contribution in [2.45, 2.75) is 52.1 Å². The Balaban J connectivity index is 1.54. The lowest BCUT2D eigenvalue weighted by Gasteiger charge is -2.47. The third kappa shape index (κ3) is 3.84. The summed E-state index contributed by atoms with van der Waals surface area (Å²) in [6.45, 7) is 3.76. The summed E-state index contributed by atoms with van der Waals surface area (Å²) < 4.78 is 1.71. The molecule has 6 heteroatoms. The van der Waals surface area contributed by atoms with Gasteiger partial charge < -0.3 is 10.2 Å². The molecule has 29 heavy (non-hydrogen) atoms. The molecule has 1 aromatic heterocycles. The number of carbonyl (C=O) groups is 2. The van der Waals surface area contributed by atoms with E-state index in [0.717, 1.165) is 36.9 Å². The van der Waals surface area contributed by atoms with Crippen LogP contribution in [0.25, 0.3) is 0 Å². The highest BCUT2D eigenvalue weighted by Crippen LogP contribution is 2.46. The van der Waals surface area contributed by atoms with Crippen LogP contribution in [0.5, 0.6) is 0 Å². The lowest BCUT2D eigenvalue weighted by molar-refractivity contribution is -0.134. The number of nitrogens with zero attached hydrogens (tertiary/aromatic N) is 3. The van der Waals surface area contributed by atoms with Crippen LogP contribution in [-0.4, -0.2) is 33.0 Å². The van der Waals surface area contributed by atoms with E-state index in [9.17, 15) is 9.59 Å². The standard InChI is InChI=1S/C23H28N4O2/c1-2-27-19(12-15-25-27)22(29)24-17-23-13-7-6-10-20(23)26(21(28)11-14-23)16-18-8-4-3-5-9-18/h3-5,8-10,12,15H,2,6-7,11,13-14,16-17H2,1H3,(H,24,29). The molecule has 1 aliphatic carbocycles. The average molecular weight is 393 g/mol. The number of piperidine rings is 1. The molecule has 2 amide bonds. The van der Waals surface area contributed by atoms with Gasteiger partial charge in [0.05, 0.1) is 6.54 Å². The molecule has 1 aliphatic heterocycles. The van der Waals surface area contributed by atoms with E-state index >= 15 is 0 Å². The lowest BCUT2D eigenvalue weighted by Crippen LogP contribution is -2.50. The van der Waals surface area contributed by atoms with Gasteiger partial charge in [-0.05, 0) is 44.2 Å². The van der Waals surface area contributed by atoms with E-state index in [4.69, 9.17) is 0 Å². The van der Waals surface area contributed by atoms with Crippen molar-refractivity contribution in [1.29, 1.82) is 0 Å². The van der Waals surface area contributed by atoms with Gasteiger partial charge in [0.2, 0.25) is 5.91 Å². The fraction of sp³-hybridized carbons (Fsp3) is 0.435. The van der Waals surface area contributed by atoms with E-state index in [1.54, 1.807) is 16.9 Å². The van der Waals surface area contributed by atoms with Gasteiger partial charge in [0.15, 0.2) is 0 Å². The Kier molecular flexibility index (Phi) is 5.51. The van der Waals surface area contributed by atoms with E-state index in [0.29, 0.717) is 31.7 Å². The monoisotopic (exact) mass is 392 g/mol. The van der Waals surface area contributed by atoms with Crippen LogP contribution >= 0.6 is 0 Å². The van der Waals surface area contributed by atoms with Crippen molar-refractivity contribution in [1.82, 2.24) is 20.0 Å². The van der Waals surface area contributed by atoms with E-state index in [1.165, 1.54) is 0 Å². The number of likely N-dealkylation sites (tertiary alicyclic amines) is 1. The van der Waals surface area contributed by atoms with Gasteiger partial charge in [-0.1, -0.05) is 36.4 Å². The van der Waals surface area contributed by atoms with Crippen LogP contribution in [0, 0.1) is 5.41 Å². The second kappa shape index (κ2) is 8.23. The summed E-state index contributed by atoms with van der Waals surface area (Å²) in [5, 5.41) is 7.33. The van der Waals surface area contributed by atoms with Gasteiger partial charge in [0, 0.05) is 36.8 Å². The molecule has 1 unspecified atom stereocenters. The highest BCUT2D eigenvalue weighted by atomic mass is 16.2. The number of hydrogen-bond donors (Lipinski definition) is 1. The quantitative estimate of drug-likeness (QED) is 0.818. The molecule has 4 rings (SSSR count). The van der Waals surface area contributed by atoms with Crippen LogP contribution in [-0.2, 0) is 17.9 Å². The Bertz CT molecular complexity index is 918. The van der Waals surface area contributed by atoms with Gasteiger partial charge in [-0.3, -0.25) is 14.3 Å². The van der Waals surface area contributed by atoms with Crippen molar-refractivity contribution < 1.29 is 9.59 Å². The maximum Gasteiger partial charge on any atom is 0.269 e. The van der Waals surface area contributed by atoms with Crippen LogP contribution in [0.3, 0.4) is 0 Å². The number of allylic oxidation sites excluding steroid dienone is 1. The topological polar surface area (TPSA) is 67.2 Å². The third-order valence-corrected chi connectivity index (χ3v) is 6.17. The number of hydrogen-bond acceptors (Lipinski definition) is 3. The number of aromatic nitrogens is 2. The number of aryl methyl sites for hydroxylation is 1. The van der Waals surface area contributed by atoms with Gasteiger partial charge in [-0.2, -0.15) is 5.10 Å². The fourth-order valence-corrected chi connectivity index (χ4v) is 4.61. The van der Waals surface area contributed by atoms with Crippen molar-refractivity contribution in [2.24, 2.45) is 5.41 Å². The van der Waals surface area contributed by atoms with E-state index in [1.807, 2.05) is 30.0 Å². The summed E-state index contributed by atoms with van der Waals surface area (Å²) in [4.78, 5) is 27.5. The molecule has 2 heterocycles. The smallest absolute Gasteiger partial charge is 0.269 e. The summed E-state index contributed by atoms with van der Waals surface area (Å²) >= 11 is 0. The number of amides is 2. The largest absolute Gasteiger partial charge is 0.350 e. The van der Waals surface area contributed by atoms with Crippen LogP contribution in [0.4, 0.5) is 0 Å². The molecule has 6 nitrogen and oxygen atoms in total. The number of carbonyl (C=O) groups excluding carboxylic acids is 2. The molecular formula is C23H28N4O2. The molecule has 0 spiro atoms. The van der Waals surface area contributed by atoms with Crippen LogP contribution in [0.15, 0.2) is 54.4 Å². The van der Waals surface area contributed by atoms with Gasteiger partial charge in [0.1, 0.15) is 5.69 Å². The van der Waals surface area contributed by atoms with Crippen LogP contribution in [0.2, 0.25) is 0 Å². The van der Waals surface area contributed by atoms with Gasteiger partial charge in [0.25, 0.3) is 5.91 Å². The summed E-state index contributed by atoms with van der Waals surface area (Å²) in [5.74, 6) is 0.0724. The Hall–Kier alpha value is -2.89. The summed E-state index contributed by atoms with van der Waals surface area (Å²) in [7, 11) is 0. The van der Waals surface area contributed by atoms with Gasteiger partial charge >= 0.3 is 0 Å². The molecule has 1 saturated heterocycles. The Morgan fingerprint density at radius 1 is 1.21 bits per heavy atom. The van der Waals surface area contributed by atoms with E-state index < -0.39 is 0 Å². The van der Waals surface area contributed by atoms with Crippen molar-refractivity contribution in [3.63, 3.8) is 0 Å². The number of nitrogens with one attached hydrogen (secondary N) is 1. The Morgan fingerprint density at radius 3 is 2.83 bits per heavy atom. The molecule has 1 aromatic carbocycles. The second-order valence-corrected chi connectivity index (χ2v) is 7.94. The predicted molar refractivity (Wildman–Crippen MR) is 111 cm³/mol. The van der Waals surface area contributed by atoms with Crippen molar-refractivity contribution in [3.8, 4) is 0 Å². The molecular weight excluding hydrogens is 364 g/mol. The van der Waals surface area contributed by atoms with Crippen molar-refractivity contribution in [3.05, 3.63) is 65.6 Å². The maximum atomic E-state index is 12.8. The highest BCUT2D eigenvalue weighted by Gasteiger charge is 2.44. The normalized spacial score (nSPS) is 21.5. The van der Waals surface area contributed by atoms with E-state index in [2.05, 4.69) is 28.6 Å². The van der Waals surface area contributed by atoms with Crippen molar-refractivity contribution >= 4 is 11.8 Å². The number of rotatable bonds is 6. The fourth-order valence-electron chi connectivity index (χ4n) is 4.61. The zero-order chi connectivity index (χ0) is 20.3. The average Bonchev–Trinajstić information content (AvgIpc) is 3.24. The molecule has 0 saturated carbocycles. The molecule has 2 aliphatic rings. The first-order valence-electron chi connectivity index (χ1n) is 10.5. The number of benzene rings is 1. The molecule has 0 radical (unpaired) electrons. The van der Waals surface area contributed by atoms with Gasteiger partial charge in [-0.15, -0.1) is 0 Å². The van der Waals surface area contributed by atoms with Crippen LogP contribution < -0.4 is 5.32 Å². The first kappa shape index (κ1) is 19.4. The lowest BCUT2D eigenvalue weighted by atomic mass is 9.69. The Morgan fingerprint density at radius 2 is 2.03 bits per heavy atom. The highest BCUT2D eigenvalue weighted by molar-refractivity contribution is 5.92. The second-order valence-electron chi connectivity index (χ2n) is 7.94. The summed E-state index contributed by atoms with van der Waals surface area (Å²) in [6, 6.07) is 11.9. The first-order valence-corrected chi connectivity index (χ1v) is 10.5. The Labute approximate surface area is 171 Å². The molecule has 0 bridgehead atoms. The molecule has 2 aromatic rings. The minimum absolute atomic E-state index is 0.102.